The van der Waals surface area contributed by atoms with Gasteiger partial charge in [-0.05, 0) is 6.92 Å². The van der Waals surface area contributed by atoms with Gasteiger partial charge in [0.05, 0.1) is 13.7 Å². The molecule has 6 N–H and O–H groups in total. The predicted molar refractivity (Wildman–Crippen MR) is 97.7 cm³/mol. The zero-order chi connectivity index (χ0) is 24.5. The number of nitrogens with zero attached hydrogens (tertiary/aromatic N) is 1. The summed E-state index contributed by atoms with van der Waals surface area (Å²) in [5.41, 5.74) is -1.54. The molecule has 2 unspecified atom stereocenters. The molecule has 0 amide bonds. The summed E-state index contributed by atoms with van der Waals surface area (Å²) in [5, 5.41) is 10.4. The Morgan fingerprint density at radius 3 is 2.31 bits per heavy atom. The minimum Gasteiger partial charge on any atom is -0.387 e. The third-order valence-electron chi connectivity index (χ3n) is 3.76. The summed E-state index contributed by atoms with van der Waals surface area (Å²) >= 11 is 0. The number of hydrogen-bond donors (Lipinski definition) is 6. The lowest BCUT2D eigenvalue weighted by molar-refractivity contribution is -0.327. The number of aliphatic hydroxyl groups is 1. The summed E-state index contributed by atoms with van der Waals surface area (Å²) in [4.78, 5) is 70.7. The lowest BCUT2D eigenvalue weighted by atomic mass is 10.1. The Balaban J connectivity index is 2.17. The van der Waals surface area contributed by atoms with E-state index in [1.807, 2.05) is 4.98 Å². The second-order valence-electron chi connectivity index (χ2n) is 6.15. The fraction of sp³-hybridized carbons (Fsp3) is 0.636. The normalized spacial score (nSPS) is 27.7. The van der Waals surface area contributed by atoms with Gasteiger partial charge in [-0.15, -0.1) is 0 Å². The van der Waals surface area contributed by atoms with Crippen molar-refractivity contribution in [2.75, 3.05) is 13.7 Å². The van der Waals surface area contributed by atoms with E-state index in [2.05, 4.69) is 18.0 Å². The average molecular weight is 528 g/mol. The molecule has 21 heteroatoms. The number of aromatic amines is 1. The van der Waals surface area contributed by atoms with Crippen molar-refractivity contribution in [3.8, 4) is 0 Å². The molecule has 0 aromatic carbocycles. The number of nitrogens with one attached hydrogen (secondary N) is 1. The van der Waals surface area contributed by atoms with E-state index in [9.17, 15) is 33.3 Å². The standard InChI is InChI=1S/C11H19N2O16P3/c1-5-3-13(11(16)12-9(5)15)10-8(27-24-2)7(14)6(26-10)4-25-31(20,21)29-32(22,23)28-30(17,18)19/h3,6-8,10,14H,4H2,1-2H3,(H,20,21)(H,22,23)(H,12,15,16)(H2,17,18,19)/t6-,7+,8-,10-/m1/s1. The van der Waals surface area contributed by atoms with Crippen LogP contribution in [0.2, 0.25) is 0 Å². The fourth-order valence-electron chi connectivity index (χ4n) is 2.54. The zero-order valence-corrected chi connectivity index (χ0v) is 18.8. The second-order valence-corrected chi connectivity index (χ2v) is 10.6. The molecular formula is C11H19N2O16P3. The van der Waals surface area contributed by atoms with Crippen molar-refractivity contribution in [3.05, 3.63) is 32.6 Å². The third-order valence-corrected chi connectivity index (χ3v) is 7.56. The number of aromatic nitrogens is 2. The van der Waals surface area contributed by atoms with E-state index in [4.69, 9.17) is 24.3 Å². The molecule has 0 bridgehead atoms. The number of phosphoric acid groups is 3. The molecule has 1 aromatic rings. The van der Waals surface area contributed by atoms with E-state index in [0.717, 1.165) is 17.9 Å². The van der Waals surface area contributed by atoms with Crippen LogP contribution in [0.5, 0.6) is 0 Å². The van der Waals surface area contributed by atoms with Gasteiger partial charge in [-0.2, -0.15) is 8.62 Å². The highest BCUT2D eigenvalue weighted by Crippen LogP contribution is 2.66. The van der Waals surface area contributed by atoms with Crippen molar-refractivity contribution in [2.24, 2.45) is 0 Å². The Labute approximate surface area is 177 Å². The Hall–Kier alpha value is -1.07. The molecule has 184 valence electrons. The SMILES string of the molecule is COO[C@@H]1[C@@H](O)[C@@H](COP(=O)(O)OP(=O)(O)OP(=O)(O)O)O[C@H]1n1cc(C)c(=O)[nH]c1=O. The molecule has 1 fully saturated rings. The largest absolute Gasteiger partial charge is 0.490 e. The van der Waals surface area contributed by atoms with Crippen LogP contribution in [0.15, 0.2) is 15.8 Å². The van der Waals surface area contributed by atoms with Crippen LogP contribution < -0.4 is 11.2 Å². The van der Waals surface area contributed by atoms with Gasteiger partial charge in [0, 0.05) is 11.8 Å². The zero-order valence-electron chi connectivity index (χ0n) is 16.1. The van der Waals surface area contributed by atoms with E-state index in [-0.39, 0.29) is 5.56 Å². The van der Waals surface area contributed by atoms with Gasteiger partial charge in [0.2, 0.25) is 0 Å². The highest BCUT2D eigenvalue weighted by atomic mass is 31.3. The Kier molecular flexibility index (Phi) is 8.53. The Morgan fingerprint density at radius 1 is 1.12 bits per heavy atom. The first-order valence-electron chi connectivity index (χ1n) is 8.18. The summed E-state index contributed by atoms with van der Waals surface area (Å²) in [6.07, 6.45) is -4.95. The van der Waals surface area contributed by atoms with Crippen LogP contribution in [0, 0.1) is 6.92 Å². The topological polar surface area (TPSA) is 263 Å². The summed E-state index contributed by atoms with van der Waals surface area (Å²) in [6.45, 7) is 0.362. The molecule has 2 heterocycles. The molecule has 0 saturated carbocycles. The van der Waals surface area contributed by atoms with Crippen LogP contribution in [0.3, 0.4) is 0 Å². The van der Waals surface area contributed by atoms with Crippen LogP contribution in [-0.4, -0.2) is 66.3 Å². The molecule has 6 atom stereocenters. The van der Waals surface area contributed by atoms with Crippen LogP contribution in [0.25, 0.3) is 0 Å². The molecule has 0 radical (unpaired) electrons. The highest BCUT2D eigenvalue weighted by Gasteiger charge is 2.49. The quantitative estimate of drug-likeness (QED) is 0.113. The molecule has 32 heavy (non-hydrogen) atoms. The van der Waals surface area contributed by atoms with Crippen molar-refractivity contribution < 1.29 is 66.0 Å². The van der Waals surface area contributed by atoms with Gasteiger partial charge in [0.25, 0.3) is 5.56 Å². The second kappa shape index (κ2) is 10.0. The minimum absolute atomic E-state index is 0.0931. The molecule has 1 saturated heterocycles. The molecule has 0 aliphatic carbocycles. The summed E-state index contributed by atoms with van der Waals surface area (Å²) in [5.74, 6) is 0. The minimum atomic E-state index is -5.74. The van der Waals surface area contributed by atoms with Crippen molar-refractivity contribution in [1.29, 1.82) is 0 Å². The van der Waals surface area contributed by atoms with Gasteiger partial charge in [0.1, 0.15) is 12.2 Å². The van der Waals surface area contributed by atoms with Crippen molar-refractivity contribution in [1.82, 2.24) is 9.55 Å². The number of hydrogen-bond acceptors (Lipinski definition) is 12. The highest BCUT2D eigenvalue weighted by molar-refractivity contribution is 7.66. The molecule has 1 aliphatic heterocycles. The van der Waals surface area contributed by atoms with Crippen LogP contribution in [0.4, 0.5) is 0 Å². The van der Waals surface area contributed by atoms with Gasteiger partial charge in [0.15, 0.2) is 12.3 Å². The lowest BCUT2D eigenvalue weighted by Gasteiger charge is -2.20. The van der Waals surface area contributed by atoms with Crippen molar-refractivity contribution in [2.45, 2.75) is 31.5 Å². The molecule has 2 rings (SSSR count). The maximum Gasteiger partial charge on any atom is 0.490 e. The van der Waals surface area contributed by atoms with E-state index in [0.29, 0.717) is 0 Å². The molecule has 1 aromatic heterocycles. The van der Waals surface area contributed by atoms with E-state index in [1.165, 1.54) is 6.92 Å². The number of aryl methyl sites for hydroxylation is 1. The van der Waals surface area contributed by atoms with Gasteiger partial charge < -0.3 is 29.4 Å². The fourth-order valence-corrected chi connectivity index (χ4v) is 5.57. The van der Waals surface area contributed by atoms with Gasteiger partial charge >= 0.3 is 29.2 Å². The molecular weight excluding hydrogens is 509 g/mol. The first kappa shape index (κ1) is 27.2. The van der Waals surface area contributed by atoms with Crippen molar-refractivity contribution in [3.63, 3.8) is 0 Å². The van der Waals surface area contributed by atoms with Gasteiger partial charge in [-0.25, -0.2) is 28.3 Å². The number of rotatable bonds is 10. The summed E-state index contributed by atoms with van der Waals surface area (Å²) < 4.78 is 51.6. The van der Waals surface area contributed by atoms with Crippen LogP contribution in [0.1, 0.15) is 11.8 Å². The van der Waals surface area contributed by atoms with Crippen LogP contribution in [-0.2, 0) is 41.4 Å². The Bertz CT molecular complexity index is 1080. The molecule has 1 aliphatic rings. The lowest BCUT2D eigenvalue weighted by Crippen LogP contribution is -2.40. The monoisotopic (exact) mass is 528 g/mol. The number of H-pyrrole nitrogens is 1. The number of phosphoric ester groups is 1. The smallest absolute Gasteiger partial charge is 0.387 e. The first-order valence-corrected chi connectivity index (χ1v) is 12.7. The maximum absolute atomic E-state index is 12.1. The Morgan fingerprint density at radius 2 is 1.75 bits per heavy atom. The van der Waals surface area contributed by atoms with Gasteiger partial charge in [-0.1, -0.05) is 0 Å². The predicted octanol–water partition coefficient (Wildman–Crippen LogP) is -1.61. The van der Waals surface area contributed by atoms with E-state index in [1.54, 1.807) is 0 Å². The van der Waals surface area contributed by atoms with Crippen LogP contribution >= 0.6 is 23.5 Å². The van der Waals surface area contributed by atoms with Gasteiger partial charge in [-0.3, -0.25) is 18.9 Å². The number of aliphatic hydroxyl groups excluding tert-OH is 1. The van der Waals surface area contributed by atoms with E-state index < -0.39 is 65.9 Å². The van der Waals surface area contributed by atoms with E-state index >= 15 is 0 Å². The molecule has 18 nitrogen and oxygen atoms in total. The third kappa shape index (κ3) is 7.21. The first-order chi connectivity index (χ1) is 14.6. The number of ether oxygens (including phenoxy) is 1. The average Bonchev–Trinajstić information content (AvgIpc) is 2.90. The maximum atomic E-state index is 12.1. The van der Waals surface area contributed by atoms with Crippen molar-refractivity contribution >= 4 is 23.5 Å². The summed E-state index contributed by atoms with van der Waals surface area (Å²) in [6, 6.07) is 0. The molecule has 0 spiro atoms. The summed E-state index contributed by atoms with van der Waals surface area (Å²) in [7, 11) is -15.7.